The second kappa shape index (κ2) is 11.8. The molecule has 158 valence electrons. The molecule has 1 N–H and O–H groups in total. The average molecular weight is 494 g/mol. The van der Waals surface area contributed by atoms with Crippen molar-refractivity contribution in [2.24, 2.45) is 4.99 Å². The smallest absolute Gasteiger partial charge is 0.193 e. The number of nitrogens with zero attached hydrogens (tertiary/aromatic N) is 3. The molecule has 0 amide bonds. The van der Waals surface area contributed by atoms with Crippen LogP contribution in [0.15, 0.2) is 4.99 Å². The van der Waals surface area contributed by atoms with Crippen molar-refractivity contribution in [3.05, 3.63) is 0 Å². The summed E-state index contributed by atoms with van der Waals surface area (Å²) in [6.45, 7) is 6.96. The van der Waals surface area contributed by atoms with Crippen molar-refractivity contribution in [3.63, 3.8) is 0 Å². The van der Waals surface area contributed by atoms with Gasteiger partial charge in [0, 0.05) is 45.4 Å². The standard InChI is InChI=1S/C20H38N4O2.HI/c1-16(23(3)17-7-8-17)14-22-20(21-2)24-11-9-18(10-12-24)26-15-19-6-4-5-13-25-19;/h16-19H,4-15H2,1-3H3,(H,21,22);1H. The van der Waals surface area contributed by atoms with Crippen molar-refractivity contribution in [1.29, 1.82) is 0 Å². The lowest BCUT2D eigenvalue weighted by atomic mass is 10.1. The Labute approximate surface area is 182 Å². The minimum absolute atomic E-state index is 0. The number of piperidine rings is 1. The highest BCUT2D eigenvalue weighted by molar-refractivity contribution is 14.0. The van der Waals surface area contributed by atoms with Crippen molar-refractivity contribution in [1.82, 2.24) is 15.1 Å². The van der Waals surface area contributed by atoms with Gasteiger partial charge in [-0.25, -0.2) is 0 Å². The van der Waals surface area contributed by atoms with Crippen LogP contribution in [-0.4, -0.2) is 87.0 Å². The van der Waals surface area contributed by atoms with Crippen LogP contribution in [-0.2, 0) is 9.47 Å². The lowest BCUT2D eigenvalue weighted by molar-refractivity contribution is -0.0721. The van der Waals surface area contributed by atoms with E-state index in [1.165, 1.54) is 25.7 Å². The SMILES string of the molecule is CN=C(NCC(C)N(C)C1CC1)N1CCC(OCC2CCCCO2)CC1.I. The normalized spacial score (nSPS) is 26.0. The van der Waals surface area contributed by atoms with Crippen LogP contribution >= 0.6 is 24.0 Å². The van der Waals surface area contributed by atoms with Crippen LogP contribution in [0.2, 0.25) is 0 Å². The summed E-state index contributed by atoms with van der Waals surface area (Å²) in [6, 6.07) is 1.34. The van der Waals surface area contributed by atoms with Gasteiger partial charge in [-0.15, -0.1) is 24.0 Å². The molecule has 2 aliphatic heterocycles. The molecule has 7 heteroatoms. The summed E-state index contributed by atoms with van der Waals surface area (Å²) in [6.07, 6.45) is 9.19. The molecule has 3 aliphatic rings. The van der Waals surface area contributed by atoms with Crippen LogP contribution in [0, 0.1) is 0 Å². The fraction of sp³-hybridized carbons (Fsp3) is 0.950. The van der Waals surface area contributed by atoms with Crippen molar-refractivity contribution in [2.45, 2.75) is 76.2 Å². The number of guanidine groups is 1. The number of likely N-dealkylation sites (N-methyl/N-ethyl adjacent to an activating group) is 1. The van der Waals surface area contributed by atoms with Crippen LogP contribution in [0.5, 0.6) is 0 Å². The van der Waals surface area contributed by atoms with E-state index in [0.717, 1.165) is 64.1 Å². The Morgan fingerprint density at radius 1 is 1.22 bits per heavy atom. The molecule has 2 unspecified atom stereocenters. The van der Waals surface area contributed by atoms with Crippen molar-refractivity contribution >= 4 is 29.9 Å². The molecule has 2 heterocycles. The first-order valence-corrected chi connectivity index (χ1v) is 10.6. The number of hydrogen-bond acceptors (Lipinski definition) is 4. The second-order valence-corrected chi connectivity index (χ2v) is 8.18. The first kappa shape index (κ1) is 23.2. The summed E-state index contributed by atoms with van der Waals surface area (Å²) in [5.41, 5.74) is 0. The molecule has 0 aromatic rings. The predicted octanol–water partition coefficient (Wildman–Crippen LogP) is 2.71. The number of aliphatic imine (C=N–C) groups is 1. The van der Waals surface area contributed by atoms with E-state index >= 15 is 0 Å². The summed E-state index contributed by atoms with van der Waals surface area (Å²) < 4.78 is 11.9. The molecular formula is C20H39IN4O2. The summed E-state index contributed by atoms with van der Waals surface area (Å²) in [5.74, 6) is 1.04. The van der Waals surface area contributed by atoms with Gasteiger partial charge in [-0.3, -0.25) is 9.89 Å². The third kappa shape index (κ3) is 7.33. The van der Waals surface area contributed by atoms with Crippen LogP contribution in [0.1, 0.15) is 51.9 Å². The molecule has 3 fully saturated rings. The number of nitrogens with one attached hydrogen (secondary N) is 1. The Bertz CT molecular complexity index is 447. The van der Waals surface area contributed by atoms with Gasteiger partial charge >= 0.3 is 0 Å². The van der Waals surface area contributed by atoms with Crippen LogP contribution in [0.25, 0.3) is 0 Å². The molecule has 1 aliphatic carbocycles. The minimum Gasteiger partial charge on any atom is -0.376 e. The van der Waals surface area contributed by atoms with Gasteiger partial charge in [-0.1, -0.05) is 0 Å². The maximum atomic E-state index is 6.13. The molecule has 0 bridgehead atoms. The van der Waals surface area contributed by atoms with Crippen LogP contribution in [0.4, 0.5) is 0 Å². The van der Waals surface area contributed by atoms with E-state index in [-0.39, 0.29) is 24.0 Å². The van der Waals surface area contributed by atoms with Gasteiger partial charge < -0.3 is 19.7 Å². The summed E-state index contributed by atoms with van der Waals surface area (Å²) in [5, 5.41) is 3.57. The lowest BCUT2D eigenvalue weighted by Crippen LogP contribution is -2.50. The number of ether oxygens (including phenoxy) is 2. The van der Waals surface area contributed by atoms with Crippen LogP contribution in [0.3, 0.4) is 0 Å². The lowest BCUT2D eigenvalue weighted by Gasteiger charge is -2.35. The molecule has 0 radical (unpaired) electrons. The van der Waals surface area contributed by atoms with Gasteiger partial charge in [-0.2, -0.15) is 0 Å². The Hall–Kier alpha value is -0.120. The summed E-state index contributed by atoms with van der Waals surface area (Å²) in [4.78, 5) is 9.37. The van der Waals surface area contributed by atoms with E-state index in [1.54, 1.807) is 0 Å². The van der Waals surface area contributed by atoms with E-state index in [4.69, 9.17) is 9.47 Å². The number of halogens is 1. The highest BCUT2D eigenvalue weighted by atomic mass is 127. The van der Waals surface area contributed by atoms with Crippen molar-refractivity contribution in [3.8, 4) is 0 Å². The summed E-state index contributed by atoms with van der Waals surface area (Å²) >= 11 is 0. The fourth-order valence-electron chi connectivity index (χ4n) is 3.97. The van der Waals surface area contributed by atoms with Crippen LogP contribution < -0.4 is 5.32 Å². The van der Waals surface area contributed by atoms with Gasteiger partial charge in [0.25, 0.3) is 0 Å². The zero-order valence-corrected chi connectivity index (χ0v) is 19.7. The number of rotatable bonds is 7. The molecule has 27 heavy (non-hydrogen) atoms. The maximum absolute atomic E-state index is 6.13. The molecule has 2 atom stereocenters. The topological polar surface area (TPSA) is 49.3 Å². The molecular weight excluding hydrogens is 455 g/mol. The first-order valence-electron chi connectivity index (χ1n) is 10.6. The predicted molar refractivity (Wildman–Crippen MR) is 121 cm³/mol. The molecule has 0 spiro atoms. The fourth-order valence-corrected chi connectivity index (χ4v) is 3.97. The van der Waals surface area contributed by atoms with Crippen molar-refractivity contribution in [2.75, 3.05) is 46.9 Å². The monoisotopic (exact) mass is 494 g/mol. The Kier molecular flexibility index (Phi) is 10.1. The van der Waals surface area contributed by atoms with Gasteiger partial charge in [0.2, 0.25) is 0 Å². The summed E-state index contributed by atoms with van der Waals surface area (Å²) in [7, 11) is 4.13. The molecule has 1 saturated carbocycles. The minimum atomic E-state index is 0. The molecule has 2 saturated heterocycles. The third-order valence-corrected chi connectivity index (χ3v) is 6.12. The molecule has 6 nitrogen and oxygen atoms in total. The number of hydrogen-bond donors (Lipinski definition) is 1. The zero-order valence-electron chi connectivity index (χ0n) is 17.4. The quantitative estimate of drug-likeness (QED) is 0.335. The highest BCUT2D eigenvalue weighted by Crippen LogP contribution is 2.26. The molecule has 0 aromatic heterocycles. The first-order chi connectivity index (χ1) is 12.7. The Morgan fingerprint density at radius 2 is 1.96 bits per heavy atom. The van der Waals surface area contributed by atoms with Crippen molar-refractivity contribution < 1.29 is 9.47 Å². The zero-order chi connectivity index (χ0) is 18.4. The van der Waals surface area contributed by atoms with Gasteiger partial charge in [-0.05, 0) is 58.9 Å². The largest absolute Gasteiger partial charge is 0.376 e. The van der Waals surface area contributed by atoms with Gasteiger partial charge in [0.15, 0.2) is 5.96 Å². The van der Waals surface area contributed by atoms with E-state index in [1.807, 2.05) is 7.05 Å². The van der Waals surface area contributed by atoms with E-state index in [9.17, 15) is 0 Å². The van der Waals surface area contributed by atoms with Gasteiger partial charge in [0.05, 0.1) is 18.8 Å². The Balaban J connectivity index is 0.00000261. The number of likely N-dealkylation sites (tertiary alicyclic amines) is 1. The highest BCUT2D eigenvalue weighted by Gasteiger charge is 2.29. The Morgan fingerprint density at radius 3 is 2.56 bits per heavy atom. The molecule has 3 rings (SSSR count). The van der Waals surface area contributed by atoms with Gasteiger partial charge in [0.1, 0.15) is 0 Å². The third-order valence-electron chi connectivity index (χ3n) is 6.12. The van der Waals surface area contributed by atoms with E-state index in [0.29, 0.717) is 18.2 Å². The molecule has 0 aromatic carbocycles. The second-order valence-electron chi connectivity index (χ2n) is 8.18. The van der Waals surface area contributed by atoms with E-state index < -0.39 is 0 Å². The van der Waals surface area contributed by atoms with E-state index in [2.05, 4.69) is 34.1 Å². The average Bonchev–Trinajstić information content (AvgIpc) is 3.53. The maximum Gasteiger partial charge on any atom is 0.193 e.